The normalized spacial score (nSPS) is 19.9. The van der Waals surface area contributed by atoms with Crippen LogP contribution in [0.2, 0.25) is 5.15 Å². The highest BCUT2D eigenvalue weighted by atomic mass is 35.5. The van der Waals surface area contributed by atoms with Gasteiger partial charge in [0, 0.05) is 5.56 Å². The van der Waals surface area contributed by atoms with Crippen LogP contribution in [0.4, 0.5) is 4.79 Å². The molecule has 0 aliphatic carbocycles. The third-order valence-corrected chi connectivity index (χ3v) is 6.22. The molecule has 1 fully saturated rings. The van der Waals surface area contributed by atoms with Crippen LogP contribution < -0.4 is 14.8 Å². The van der Waals surface area contributed by atoms with E-state index in [1.807, 2.05) is 30.3 Å². The average Bonchev–Trinajstić information content (AvgIpc) is 3.21. The number of carbonyl (C=O) groups is 2. The molecule has 8 nitrogen and oxygen atoms in total. The van der Waals surface area contributed by atoms with Crippen molar-refractivity contribution in [1.82, 2.24) is 20.0 Å². The fraction of sp³-hybridized carbons (Fsp3) is 0.261. The van der Waals surface area contributed by atoms with E-state index in [-0.39, 0.29) is 12.5 Å². The highest BCUT2D eigenvalue weighted by Crippen LogP contribution is 2.37. The first-order valence-electron chi connectivity index (χ1n) is 10.2. The van der Waals surface area contributed by atoms with E-state index in [4.69, 9.17) is 21.1 Å². The molecule has 0 spiro atoms. The number of urea groups is 1. The summed E-state index contributed by atoms with van der Waals surface area (Å²) in [5.74, 6) is 0.800. The molecule has 1 atom stereocenters. The first-order valence-corrected chi connectivity index (χ1v) is 10.6. The molecule has 3 aromatic rings. The second-order valence-electron chi connectivity index (χ2n) is 7.91. The summed E-state index contributed by atoms with van der Waals surface area (Å²) in [5, 5.41) is 7.68. The highest BCUT2D eigenvalue weighted by molar-refractivity contribution is 6.30. The van der Waals surface area contributed by atoms with E-state index in [1.54, 1.807) is 36.7 Å². The molecule has 2 aromatic carbocycles. The van der Waals surface area contributed by atoms with Crippen LogP contribution in [0.15, 0.2) is 48.5 Å². The molecule has 0 saturated carbocycles. The number of nitrogens with zero attached hydrogens (tertiary/aromatic N) is 3. The smallest absolute Gasteiger partial charge is 0.325 e. The van der Waals surface area contributed by atoms with Crippen molar-refractivity contribution >= 4 is 23.5 Å². The minimum atomic E-state index is -1.23. The van der Waals surface area contributed by atoms with Gasteiger partial charge in [-0.3, -0.25) is 9.69 Å². The van der Waals surface area contributed by atoms with Crippen molar-refractivity contribution in [2.75, 3.05) is 13.2 Å². The van der Waals surface area contributed by atoms with Gasteiger partial charge in [-0.15, -0.1) is 0 Å². The van der Waals surface area contributed by atoms with Crippen LogP contribution in [0.1, 0.15) is 23.7 Å². The maximum absolute atomic E-state index is 13.4. The Bertz CT molecular complexity index is 1230. The summed E-state index contributed by atoms with van der Waals surface area (Å²) in [6, 6.07) is 14.2. The standard InChI is InChI=1S/C23H21ClN4O4/c1-14-17(20(24)28(26-14)16-6-4-3-5-7-16)13-27-21(29)23(2,25-22(27)30)15-8-9-18-19(12-15)32-11-10-31-18/h3-9,12H,10-11,13H2,1-2H3,(H,25,30)/t23-/m1/s1. The molecule has 3 heterocycles. The lowest BCUT2D eigenvalue weighted by molar-refractivity contribution is -0.131. The van der Waals surface area contributed by atoms with Gasteiger partial charge >= 0.3 is 6.03 Å². The van der Waals surface area contributed by atoms with E-state index in [9.17, 15) is 9.59 Å². The summed E-state index contributed by atoms with van der Waals surface area (Å²) >= 11 is 6.61. The molecule has 0 bridgehead atoms. The van der Waals surface area contributed by atoms with Crippen molar-refractivity contribution < 1.29 is 19.1 Å². The predicted molar refractivity (Wildman–Crippen MR) is 117 cm³/mol. The lowest BCUT2D eigenvalue weighted by Crippen LogP contribution is -2.41. The van der Waals surface area contributed by atoms with E-state index in [0.29, 0.717) is 46.7 Å². The zero-order chi connectivity index (χ0) is 22.5. The zero-order valence-electron chi connectivity index (χ0n) is 17.6. The molecule has 164 valence electrons. The summed E-state index contributed by atoms with van der Waals surface area (Å²) in [5.41, 5.74) is 1.44. The number of hydrogen-bond acceptors (Lipinski definition) is 5. The van der Waals surface area contributed by atoms with Gasteiger partial charge in [0.2, 0.25) is 0 Å². The quantitative estimate of drug-likeness (QED) is 0.611. The maximum Gasteiger partial charge on any atom is 0.325 e. The van der Waals surface area contributed by atoms with Crippen LogP contribution in [0.5, 0.6) is 11.5 Å². The Morgan fingerprint density at radius 1 is 1.09 bits per heavy atom. The minimum Gasteiger partial charge on any atom is -0.486 e. The van der Waals surface area contributed by atoms with Crippen LogP contribution in [0, 0.1) is 6.92 Å². The number of nitrogens with one attached hydrogen (secondary N) is 1. The van der Waals surface area contributed by atoms with E-state index < -0.39 is 11.6 Å². The largest absolute Gasteiger partial charge is 0.486 e. The molecule has 9 heteroatoms. The van der Waals surface area contributed by atoms with Crippen molar-refractivity contribution in [3.8, 4) is 17.2 Å². The van der Waals surface area contributed by atoms with E-state index in [2.05, 4.69) is 10.4 Å². The summed E-state index contributed by atoms with van der Waals surface area (Å²) < 4.78 is 12.8. The Labute approximate surface area is 189 Å². The van der Waals surface area contributed by atoms with Crippen molar-refractivity contribution in [3.63, 3.8) is 0 Å². The van der Waals surface area contributed by atoms with Gasteiger partial charge in [0.15, 0.2) is 11.5 Å². The minimum absolute atomic E-state index is 0.0162. The number of aromatic nitrogens is 2. The number of halogens is 1. The first-order chi connectivity index (χ1) is 15.4. The predicted octanol–water partition coefficient (Wildman–Crippen LogP) is 3.57. The van der Waals surface area contributed by atoms with Crippen molar-refractivity contribution in [2.24, 2.45) is 0 Å². The Balaban J connectivity index is 1.45. The maximum atomic E-state index is 13.4. The van der Waals surface area contributed by atoms with Crippen LogP contribution >= 0.6 is 11.6 Å². The molecule has 0 radical (unpaired) electrons. The van der Waals surface area contributed by atoms with Crippen LogP contribution in [0.25, 0.3) is 5.69 Å². The van der Waals surface area contributed by atoms with Crippen LogP contribution in [-0.4, -0.2) is 39.8 Å². The number of para-hydroxylation sites is 1. The molecule has 2 aliphatic heterocycles. The van der Waals surface area contributed by atoms with Gasteiger partial charge in [0.05, 0.1) is 17.9 Å². The highest BCUT2D eigenvalue weighted by Gasteiger charge is 2.49. The van der Waals surface area contributed by atoms with Crippen molar-refractivity contribution in [3.05, 3.63) is 70.5 Å². The van der Waals surface area contributed by atoms with Gasteiger partial charge in [-0.1, -0.05) is 35.9 Å². The molecule has 2 aliphatic rings. The number of rotatable bonds is 4. The number of ether oxygens (including phenoxy) is 2. The van der Waals surface area contributed by atoms with Gasteiger partial charge in [-0.2, -0.15) is 5.10 Å². The number of amides is 3. The number of aryl methyl sites for hydroxylation is 1. The molecular formula is C23H21ClN4O4. The third kappa shape index (κ3) is 3.18. The Morgan fingerprint density at radius 3 is 2.56 bits per heavy atom. The third-order valence-electron chi connectivity index (χ3n) is 5.83. The molecule has 0 unspecified atom stereocenters. The fourth-order valence-electron chi connectivity index (χ4n) is 4.00. The van der Waals surface area contributed by atoms with Gasteiger partial charge in [0.25, 0.3) is 5.91 Å². The lowest BCUT2D eigenvalue weighted by atomic mass is 9.91. The second-order valence-corrected chi connectivity index (χ2v) is 8.27. The van der Waals surface area contributed by atoms with Gasteiger partial charge in [-0.05, 0) is 43.7 Å². The van der Waals surface area contributed by atoms with Crippen molar-refractivity contribution in [2.45, 2.75) is 25.9 Å². The summed E-state index contributed by atoms with van der Waals surface area (Å²) in [6.07, 6.45) is 0. The molecule has 32 heavy (non-hydrogen) atoms. The zero-order valence-corrected chi connectivity index (χ0v) is 18.3. The summed E-state index contributed by atoms with van der Waals surface area (Å²) in [4.78, 5) is 27.4. The number of carbonyl (C=O) groups excluding carboxylic acids is 2. The number of benzene rings is 2. The average molecular weight is 453 g/mol. The van der Waals surface area contributed by atoms with Gasteiger partial charge < -0.3 is 14.8 Å². The van der Waals surface area contributed by atoms with Gasteiger partial charge in [0.1, 0.15) is 23.9 Å². The number of hydrogen-bond donors (Lipinski definition) is 1. The lowest BCUT2D eigenvalue weighted by Gasteiger charge is -2.25. The Kier molecular flexibility index (Phi) is 4.82. The fourth-order valence-corrected chi connectivity index (χ4v) is 4.33. The van der Waals surface area contributed by atoms with Crippen molar-refractivity contribution in [1.29, 1.82) is 0 Å². The van der Waals surface area contributed by atoms with E-state index in [0.717, 1.165) is 5.69 Å². The van der Waals surface area contributed by atoms with Crippen LogP contribution in [-0.2, 0) is 16.9 Å². The Hall–Kier alpha value is -3.52. The topological polar surface area (TPSA) is 85.7 Å². The first kappa shape index (κ1) is 20.4. The van der Waals surface area contributed by atoms with E-state index in [1.165, 1.54) is 4.90 Å². The summed E-state index contributed by atoms with van der Waals surface area (Å²) in [6.45, 7) is 4.41. The monoisotopic (exact) mass is 452 g/mol. The molecule has 1 saturated heterocycles. The SMILES string of the molecule is Cc1nn(-c2ccccc2)c(Cl)c1CN1C(=O)N[C@](C)(c2ccc3c(c2)OCCO3)C1=O. The summed E-state index contributed by atoms with van der Waals surface area (Å²) in [7, 11) is 0. The number of fused-ring (bicyclic) bond motifs is 1. The van der Waals surface area contributed by atoms with Crippen LogP contribution in [0.3, 0.4) is 0 Å². The number of imide groups is 1. The van der Waals surface area contributed by atoms with E-state index >= 15 is 0 Å². The molecule has 3 amide bonds. The second kappa shape index (κ2) is 7.56. The molecule has 1 N–H and O–H groups in total. The molecular weight excluding hydrogens is 432 g/mol. The molecule has 1 aromatic heterocycles. The Morgan fingerprint density at radius 2 is 1.81 bits per heavy atom. The molecule has 5 rings (SSSR count). The van der Waals surface area contributed by atoms with Gasteiger partial charge in [-0.25, -0.2) is 9.48 Å².